The third-order valence-electron chi connectivity index (χ3n) is 2.28. The van der Waals surface area contributed by atoms with Gasteiger partial charge in [0.15, 0.2) is 0 Å². The van der Waals surface area contributed by atoms with Crippen LogP contribution in [0.5, 0.6) is 0 Å². The van der Waals surface area contributed by atoms with Gasteiger partial charge in [-0.2, -0.15) is 0 Å². The lowest BCUT2D eigenvalue weighted by molar-refractivity contribution is -0.118. The number of rotatable bonds is 5. The van der Waals surface area contributed by atoms with Gasteiger partial charge in [0.2, 0.25) is 5.91 Å². The van der Waals surface area contributed by atoms with Crippen molar-refractivity contribution in [1.29, 1.82) is 0 Å². The van der Waals surface area contributed by atoms with Gasteiger partial charge in [0.05, 0.1) is 16.1 Å². The summed E-state index contributed by atoms with van der Waals surface area (Å²) < 4.78 is 14.4. The van der Waals surface area contributed by atoms with Crippen LogP contribution in [-0.4, -0.2) is 11.7 Å². The van der Waals surface area contributed by atoms with Crippen LogP contribution >= 0.6 is 39.0 Å². The van der Waals surface area contributed by atoms with E-state index in [1.165, 1.54) is 17.8 Å². The van der Waals surface area contributed by atoms with E-state index in [4.69, 9.17) is 0 Å². The number of thioether (sulfide) groups is 1. The average molecular weight is 360 g/mol. The Bertz CT molecular complexity index is 573. The van der Waals surface area contributed by atoms with Crippen LogP contribution in [0.3, 0.4) is 0 Å². The van der Waals surface area contributed by atoms with E-state index in [0.717, 1.165) is 8.66 Å². The second-order valence-corrected chi connectivity index (χ2v) is 7.27. The van der Waals surface area contributed by atoms with Crippen molar-refractivity contribution >= 4 is 44.9 Å². The fourth-order valence-corrected chi connectivity index (χ4v) is 3.58. The summed E-state index contributed by atoms with van der Waals surface area (Å²) in [5.41, 5.74) is 0. The minimum Gasteiger partial charge on any atom is -0.350 e. The first-order valence-corrected chi connectivity index (χ1v) is 8.13. The van der Waals surface area contributed by atoms with Crippen LogP contribution in [0.1, 0.15) is 4.88 Å². The molecule has 0 aliphatic rings. The van der Waals surface area contributed by atoms with Crippen LogP contribution in [0, 0.1) is 5.82 Å². The highest BCUT2D eigenvalue weighted by Gasteiger charge is 2.06. The Labute approximate surface area is 127 Å². The second kappa shape index (κ2) is 7.07. The van der Waals surface area contributed by atoms with Gasteiger partial charge in [-0.15, -0.1) is 23.1 Å². The van der Waals surface area contributed by atoms with Crippen LogP contribution in [0.4, 0.5) is 4.39 Å². The molecule has 0 aliphatic carbocycles. The maximum atomic E-state index is 13.3. The molecule has 1 N–H and O–H groups in total. The first-order chi connectivity index (χ1) is 9.15. The average Bonchev–Trinajstić information content (AvgIpc) is 2.81. The van der Waals surface area contributed by atoms with Crippen molar-refractivity contribution < 1.29 is 9.18 Å². The molecule has 2 nitrogen and oxygen atoms in total. The first kappa shape index (κ1) is 14.6. The number of nitrogens with one attached hydrogen (secondary N) is 1. The van der Waals surface area contributed by atoms with Gasteiger partial charge >= 0.3 is 0 Å². The summed E-state index contributed by atoms with van der Waals surface area (Å²) in [7, 11) is 0. The molecule has 0 radical (unpaired) electrons. The van der Waals surface area contributed by atoms with Gasteiger partial charge in [-0.25, -0.2) is 4.39 Å². The molecule has 1 heterocycles. The lowest BCUT2D eigenvalue weighted by Crippen LogP contribution is -2.24. The molecular formula is C13H11BrFNOS2. The van der Waals surface area contributed by atoms with E-state index < -0.39 is 0 Å². The van der Waals surface area contributed by atoms with E-state index in [2.05, 4.69) is 21.2 Å². The molecule has 0 bridgehead atoms. The van der Waals surface area contributed by atoms with E-state index in [1.54, 1.807) is 29.5 Å². The summed E-state index contributed by atoms with van der Waals surface area (Å²) in [6.45, 7) is 0.507. The molecule has 1 aromatic carbocycles. The van der Waals surface area contributed by atoms with Crippen LogP contribution in [0.25, 0.3) is 0 Å². The van der Waals surface area contributed by atoms with Gasteiger partial charge in [0.25, 0.3) is 0 Å². The summed E-state index contributed by atoms with van der Waals surface area (Å²) in [5, 5.41) is 2.81. The quantitative estimate of drug-likeness (QED) is 0.815. The zero-order valence-electron chi connectivity index (χ0n) is 9.86. The standard InChI is InChI=1S/C13H11BrFNOS2/c14-12-6-5-9(19-12)7-16-13(17)8-18-11-4-2-1-3-10(11)15/h1-6H,7-8H2,(H,16,17). The van der Waals surface area contributed by atoms with Gasteiger partial charge in [-0.1, -0.05) is 12.1 Å². The Morgan fingerprint density at radius 1 is 1.32 bits per heavy atom. The smallest absolute Gasteiger partial charge is 0.230 e. The molecule has 0 atom stereocenters. The highest BCUT2D eigenvalue weighted by atomic mass is 79.9. The molecule has 0 saturated heterocycles. The van der Waals surface area contributed by atoms with Gasteiger partial charge in [0, 0.05) is 9.77 Å². The molecule has 0 fully saturated rings. The summed E-state index contributed by atoms with van der Waals surface area (Å²) >= 11 is 6.15. The number of hydrogen-bond donors (Lipinski definition) is 1. The topological polar surface area (TPSA) is 29.1 Å². The summed E-state index contributed by atoms with van der Waals surface area (Å²) in [4.78, 5) is 13.2. The van der Waals surface area contributed by atoms with E-state index >= 15 is 0 Å². The summed E-state index contributed by atoms with van der Waals surface area (Å²) in [6, 6.07) is 10.4. The summed E-state index contributed by atoms with van der Waals surface area (Å²) in [5.74, 6) is -0.173. The van der Waals surface area contributed by atoms with Crippen molar-refractivity contribution in [2.45, 2.75) is 11.4 Å². The van der Waals surface area contributed by atoms with Crippen LogP contribution < -0.4 is 5.32 Å². The fraction of sp³-hybridized carbons (Fsp3) is 0.154. The Morgan fingerprint density at radius 3 is 2.79 bits per heavy atom. The lowest BCUT2D eigenvalue weighted by atomic mass is 10.3. The minimum absolute atomic E-state index is 0.0993. The van der Waals surface area contributed by atoms with Gasteiger partial charge in [0.1, 0.15) is 5.82 Å². The van der Waals surface area contributed by atoms with Crippen molar-refractivity contribution in [1.82, 2.24) is 5.32 Å². The Balaban J connectivity index is 1.77. The molecule has 19 heavy (non-hydrogen) atoms. The Morgan fingerprint density at radius 2 is 2.11 bits per heavy atom. The Hall–Kier alpha value is -0.850. The molecule has 6 heteroatoms. The third kappa shape index (κ3) is 4.63. The predicted octanol–water partition coefficient (Wildman–Crippen LogP) is 4.06. The van der Waals surface area contributed by atoms with E-state index in [1.807, 2.05) is 12.1 Å². The lowest BCUT2D eigenvalue weighted by Gasteiger charge is -2.04. The van der Waals surface area contributed by atoms with Crippen molar-refractivity contribution in [3.63, 3.8) is 0 Å². The second-order valence-electron chi connectivity index (χ2n) is 3.70. The number of thiophene rings is 1. The first-order valence-electron chi connectivity index (χ1n) is 5.53. The molecule has 1 amide bonds. The molecule has 0 aliphatic heterocycles. The largest absolute Gasteiger partial charge is 0.350 e. The van der Waals surface area contributed by atoms with Crippen molar-refractivity contribution in [3.05, 3.63) is 50.9 Å². The van der Waals surface area contributed by atoms with Crippen LogP contribution in [-0.2, 0) is 11.3 Å². The zero-order valence-corrected chi connectivity index (χ0v) is 13.1. The molecule has 0 unspecified atom stereocenters. The molecule has 1 aromatic heterocycles. The van der Waals surface area contributed by atoms with Crippen LogP contribution in [0.2, 0.25) is 0 Å². The minimum atomic E-state index is -0.289. The monoisotopic (exact) mass is 359 g/mol. The van der Waals surface area contributed by atoms with Crippen molar-refractivity contribution in [2.75, 3.05) is 5.75 Å². The number of carbonyl (C=O) groups is 1. The highest BCUT2D eigenvalue weighted by molar-refractivity contribution is 9.11. The third-order valence-corrected chi connectivity index (χ3v) is 4.96. The SMILES string of the molecule is O=C(CSc1ccccc1F)NCc1ccc(Br)s1. The maximum absolute atomic E-state index is 13.3. The molecular weight excluding hydrogens is 349 g/mol. The van der Waals surface area contributed by atoms with Crippen LogP contribution in [0.15, 0.2) is 45.1 Å². The molecule has 0 saturated carbocycles. The number of amides is 1. The van der Waals surface area contributed by atoms with Crippen molar-refractivity contribution in [2.24, 2.45) is 0 Å². The molecule has 2 aromatic rings. The molecule has 0 spiro atoms. The number of hydrogen-bond acceptors (Lipinski definition) is 3. The van der Waals surface area contributed by atoms with E-state index in [9.17, 15) is 9.18 Å². The van der Waals surface area contributed by atoms with Gasteiger partial charge in [-0.05, 0) is 40.2 Å². The zero-order chi connectivity index (χ0) is 13.7. The van der Waals surface area contributed by atoms with Gasteiger partial charge in [-0.3, -0.25) is 4.79 Å². The maximum Gasteiger partial charge on any atom is 0.230 e. The van der Waals surface area contributed by atoms with E-state index in [0.29, 0.717) is 11.4 Å². The van der Waals surface area contributed by atoms with Gasteiger partial charge < -0.3 is 5.32 Å². The summed E-state index contributed by atoms with van der Waals surface area (Å²) in [6.07, 6.45) is 0. The molecule has 2 rings (SSSR count). The predicted molar refractivity (Wildman–Crippen MR) is 81.0 cm³/mol. The van der Waals surface area contributed by atoms with Crippen molar-refractivity contribution in [3.8, 4) is 0 Å². The number of benzene rings is 1. The highest BCUT2D eigenvalue weighted by Crippen LogP contribution is 2.22. The normalized spacial score (nSPS) is 10.4. The Kier molecular flexibility index (Phi) is 5.42. The van der Waals surface area contributed by atoms with E-state index in [-0.39, 0.29) is 17.5 Å². The number of halogens is 2. The number of carbonyl (C=O) groups excluding carboxylic acids is 1. The fourth-order valence-electron chi connectivity index (χ4n) is 1.39. The molecule has 100 valence electrons.